The van der Waals surface area contributed by atoms with E-state index in [2.05, 4.69) is 37.8 Å². The van der Waals surface area contributed by atoms with Crippen molar-refractivity contribution in [1.29, 1.82) is 0 Å². The zero-order valence-corrected chi connectivity index (χ0v) is 12.1. The molecule has 96 valence electrons. The molecular weight excluding hydrogens is 214 g/mol. The van der Waals surface area contributed by atoms with Crippen LogP contribution in [0.4, 0.5) is 0 Å². The molecule has 0 radical (unpaired) electrons. The van der Waals surface area contributed by atoms with Crippen molar-refractivity contribution in [3.05, 3.63) is 0 Å². The number of hydrogen-bond acceptors (Lipinski definition) is 2. The minimum atomic E-state index is 0.741. The molecule has 16 heavy (non-hydrogen) atoms. The first-order valence-corrected chi connectivity index (χ1v) is 8.12. The fourth-order valence-electron chi connectivity index (χ4n) is 2.44. The van der Waals surface area contributed by atoms with Crippen molar-refractivity contribution in [1.82, 2.24) is 5.32 Å². The third-order valence-corrected chi connectivity index (χ3v) is 4.81. The highest BCUT2D eigenvalue weighted by Crippen LogP contribution is 2.30. The van der Waals surface area contributed by atoms with Crippen LogP contribution in [0, 0.1) is 5.92 Å². The van der Waals surface area contributed by atoms with Gasteiger partial charge in [0.1, 0.15) is 0 Å². The molecule has 0 amide bonds. The molecule has 1 saturated carbocycles. The normalized spacial score (nSPS) is 19.5. The van der Waals surface area contributed by atoms with E-state index >= 15 is 0 Å². The van der Waals surface area contributed by atoms with Gasteiger partial charge < -0.3 is 5.32 Å². The topological polar surface area (TPSA) is 12.0 Å². The van der Waals surface area contributed by atoms with Gasteiger partial charge in [0.2, 0.25) is 0 Å². The molecule has 2 heteroatoms. The van der Waals surface area contributed by atoms with E-state index in [1.54, 1.807) is 0 Å². The lowest BCUT2D eigenvalue weighted by Crippen LogP contribution is -2.33. The highest BCUT2D eigenvalue weighted by atomic mass is 32.2. The fourth-order valence-corrected chi connectivity index (χ4v) is 3.86. The Labute approximate surface area is 106 Å². The summed E-state index contributed by atoms with van der Waals surface area (Å²) in [5.41, 5.74) is 0. The van der Waals surface area contributed by atoms with Crippen LogP contribution in [-0.4, -0.2) is 23.6 Å². The van der Waals surface area contributed by atoms with Crippen LogP contribution in [0.2, 0.25) is 0 Å². The first-order valence-electron chi connectivity index (χ1n) is 7.07. The van der Waals surface area contributed by atoms with Gasteiger partial charge in [-0.25, -0.2) is 0 Å². The van der Waals surface area contributed by atoms with E-state index in [0.717, 1.165) is 17.2 Å². The molecule has 0 aromatic heterocycles. The van der Waals surface area contributed by atoms with Crippen LogP contribution in [-0.2, 0) is 0 Å². The Morgan fingerprint density at radius 2 is 1.94 bits per heavy atom. The minimum absolute atomic E-state index is 0.741. The smallest absolute Gasteiger partial charge is 0.0160 e. The highest BCUT2D eigenvalue weighted by Gasteiger charge is 2.18. The molecule has 1 rings (SSSR count). The van der Waals surface area contributed by atoms with Crippen LogP contribution in [0.1, 0.15) is 59.3 Å². The largest absolute Gasteiger partial charge is 0.313 e. The monoisotopic (exact) mass is 243 g/mol. The zero-order valence-electron chi connectivity index (χ0n) is 11.3. The lowest BCUT2D eigenvalue weighted by molar-refractivity contribution is 0.447. The first kappa shape index (κ1) is 14.4. The van der Waals surface area contributed by atoms with Crippen molar-refractivity contribution in [3.8, 4) is 0 Å². The molecule has 1 N–H and O–H groups in total. The summed E-state index contributed by atoms with van der Waals surface area (Å²) in [5.74, 6) is 2.14. The van der Waals surface area contributed by atoms with Gasteiger partial charge in [-0.1, -0.05) is 33.6 Å². The van der Waals surface area contributed by atoms with E-state index in [1.807, 2.05) is 0 Å². The maximum absolute atomic E-state index is 3.70. The first-order chi connectivity index (χ1) is 7.72. The third-order valence-electron chi connectivity index (χ3n) is 3.27. The summed E-state index contributed by atoms with van der Waals surface area (Å²) in [6.45, 7) is 8.11. The van der Waals surface area contributed by atoms with E-state index in [-0.39, 0.29) is 0 Å². The Balaban J connectivity index is 2.19. The van der Waals surface area contributed by atoms with Crippen LogP contribution >= 0.6 is 11.8 Å². The van der Waals surface area contributed by atoms with Crippen molar-refractivity contribution in [2.75, 3.05) is 12.3 Å². The Bertz CT molecular complexity index is 164. The summed E-state index contributed by atoms with van der Waals surface area (Å²) in [5, 5.41) is 4.67. The van der Waals surface area contributed by atoms with Gasteiger partial charge in [-0.2, -0.15) is 11.8 Å². The molecule has 1 fully saturated rings. The molecule has 0 bridgehead atoms. The van der Waals surface area contributed by atoms with E-state index in [0.29, 0.717) is 0 Å². The van der Waals surface area contributed by atoms with Crippen molar-refractivity contribution in [3.63, 3.8) is 0 Å². The third kappa shape index (κ3) is 6.15. The van der Waals surface area contributed by atoms with Crippen LogP contribution in [0.25, 0.3) is 0 Å². The highest BCUT2D eigenvalue weighted by molar-refractivity contribution is 7.99. The number of hydrogen-bond donors (Lipinski definition) is 1. The average molecular weight is 243 g/mol. The molecule has 1 atom stereocenters. The number of thioether (sulfide) groups is 1. The van der Waals surface area contributed by atoms with E-state index in [1.165, 1.54) is 50.8 Å². The average Bonchev–Trinajstić information content (AvgIpc) is 2.74. The predicted molar refractivity (Wildman–Crippen MR) is 76.3 cm³/mol. The van der Waals surface area contributed by atoms with Crippen molar-refractivity contribution in [2.45, 2.75) is 70.6 Å². The van der Waals surface area contributed by atoms with E-state index < -0.39 is 0 Å². The van der Waals surface area contributed by atoms with E-state index in [4.69, 9.17) is 0 Å². The quantitative estimate of drug-likeness (QED) is 0.689. The van der Waals surface area contributed by atoms with Gasteiger partial charge >= 0.3 is 0 Å². The maximum Gasteiger partial charge on any atom is 0.0160 e. The summed E-state index contributed by atoms with van der Waals surface area (Å²) < 4.78 is 0. The molecule has 0 spiro atoms. The molecule has 0 saturated heterocycles. The maximum atomic E-state index is 3.70. The van der Waals surface area contributed by atoms with Crippen LogP contribution in [0.3, 0.4) is 0 Å². The Kier molecular flexibility index (Phi) is 7.55. The second-order valence-electron chi connectivity index (χ2n) is 5.52. The summed E-state index contributed by atoms with van der Waals surface area (Å²) in [6, 6.07) is 0.741. The van der Waals surface area contributed by atoms with Gasteiger partial charge in [0.25, 0.3) is 0 Å². The van der Waals surface area contributed by atoms with Crippen LogP contribution in [0.15, 0.2) is 0 Å². The standard InChI is InChI=1S/C14H29NS/c1-4-9-15-13(10-12(2)3)11-16-14-7-5-6-8-14/h12-15H,4-11H2,1-3H3. The predicted octanol–water partition coefficient (Wildman–Crippen LogP) is 4.08. The van der Waals surface area contributed by atoms with Gasteiger partial charge in [0.05, 0.1) is 0 Å². The van der Waals surface area contributed by atoms with Crippen molar-refractivity contribution >= 4 is 11.8 Å². The van der Waals surface area contributed by atoms with Crippen molar-refractivity contribution < 1.29 is 0 Å². The fraction of sp³-hybridized carbons (Fsp3) is 1.00. The number of rotatable bonds is 8. The molecule has 0 aromatic rings. The Morgan fingerprint density at radius 1 is 1.25 bits per heavy atom. The summed E-state index contributed by atoms with van der Waals surface area (Å²) in [4.78, 5) is 0. The lowest BCUT2D eigenvalue weighted by Gasteiger charge is -2.21. The van der Waals surface area contributed by atoms with Crippen LogP contribution < -0.4 is 5.32 Å². The van der Waals surface area contributed by atoms with Gasteiger partial charge in [0.15, 0.2) is 0 Å². The van der Waals surface area contributed by atoms with Gasteiger partial charge in [-0.15, -0.1) is 0 Å². The molecule has 1 nitrogen and oxygen atoms in total. The Hall–Kier alpha value is 0.310. The summed E-state index contributed by atoms with van der Waals surface area (Å²) >= 11 is 2.22. The Morgan fingerprint density at radius 3 is 2.50 bits per heavy atom. The molecule has 0 heterocycles. The molecule has 0 aliphatic heterocycles. The van der Waals surface area contributed by atoms with Gasteiger partial charge in [0, 0.05) is 17.0 Å². The molecule has 1 aliphatic rings. The van der Waals surface area contributed by atoms with E-state index in [9.17, 15) is 0 Å². The summed E-state index contributed by atoms with van der Waals surface area (Å²) in [6.07, 6.45) is 8.45. The van der Waals surface area contributed by atoms with Gasteiger partial charge in [-0.05, 0) is 38.1 Å². The van der Waals surface area contributed by atoms with Crippen molar-refractivity contribution in [2.24, 2.45) is 5.92 Å². The second-order valence-corrected chi connectivity index (χ2v) is 6.85. The van der Waals surface area contributed by atoms with Crippen LogP contribution in [0.5, 0.6) is 0 Å². The van der Waals surface area contributed by atoms with Gasteiger partial charge in [-0.3, -0.25) is 0 Å². The molecule has 0 aromatic carbocycles. The second kappa shape index (κ2) is 8.41. The summed E-state index contributed by atoms with van der Waals surface area (Å²) in [7, 11) is 0. The molecule has 1 unspecified atom stereocenters. The SMILES string of the molecule is CCCNC(CSC1CCCC1)CC(C)C. The lowest BCUT2D eigenvalue weighted by atomic mass is 10.1. The molecular formula is C14H29NS. The number of nitrogens with one attached hydrogen (secondary N) is 1. The molecule has 1 aliphatic carbocycles. The minimum Gasteiger partial charge on any atom is -0.313 e. The zero-order chi connectivity index (χ0) is 11.8.